The van der Waals surface area contributed by atoms with Crippen molar-refractivity contribution in [2.75, 3.05) is 13.2 Å². The van der Waals surface area contributed by atoms with Crippen LogP contribution in [0.25, 0.3) is 27.4 Å². The monoisotopic (exact) mass is 585 g/mol. The molecule has 5 aromatic rings. The van der Waals surface area contributed by atoms with Crippen LogP contribution in [0.3, 0.4) is 0 Å². The number of hydrogen-bond donors (Lipinski definition) is 2. The molecule has 42 heavy (non-hydrogen) atoms. The number of carbonyl (C=O) groups is 1. The first-order valence-corrected chi connectivity index (χ1v) is 15.5. The molecule has 9 nitrogen and oxygen atoms in total. The number of ether oxygens (including phenoxy) is 2. The van der Waals surface area contributed by atoms with E-state index in [-0.39, 0.29) is 11.3 Å². The van der Waals surface area contributed by atoms with Gasteiger partial charge in [-0.2, -0.15) is 0 Å². The van der Waals surface area contributed by atoms with E-state index in [4.69, 9.17) is 9.47 Å². The summed E-state index contributed by atoms with van der Waals surface area (Å²) < 4.78 is 41.6. The van der Waals surface area contributed by atoms with Crippen LogP contribution in [0.4, 0.5) is 0 Å². The minimum Gasteiger partial charge on any atom is -0.492 e. The second-order valence-corrected chi connectivity index (χ2v) is 12.1. The number of amides is 1. The Bertz CT molecular complexity index is 2030. The fraction of sp³-hybridized carbons (Fsp3) is 0.250. The summed E-state index contributed by atoms with van der Waals surface area (Å²) in [5.41, 5.74) is 4.19. The molecule has 0 radical (unpaired) electrons. The highest BCUT2D eigenvalue weighted by Crippen LogP contribution is 2.41. The summed E-state index contributed by atoms with van der Waals surface area (Å²) in [5.74, 6) is -0.298. The van der Waals surface area contributed by atoms with Crippen LogP contribution >= 0.6 is 0 Å². The van der Waals surface area contributed by atoms with Crippen molar-refractivity contribution in [1.29, 1.82) is 0 Å². The Hall–Kier alpha value is -4.57. The van der Waals surface area contributed by atoms with Crippen LogP contribution in [0.5, 0.6) is 11.5 Å². The summed E-state index contributed by atoms with van der Waals surface area (Å²) in [7, 11) is -3.93. The molecule has 1 atom stereocenters. The Labute approximate surface area is 243 Å². The average Bonchev–Trinajstić information content (AvgIpc) is 3.27. The number of nitrogens with one attached hydrogen (secondary N) is 2. The van der Waals surface area contributed by atoms with Crippen molar-refractivity contribution in [2.24, 2.45) is 0 Å². The van der Waals surface area contributed by atoms with Gasteiger partial charge in [0.2, 0.25) is 15.9 Å². The molecule has 2 heterocycles. The third-order valence-electron chi connectivity index (χ3n) is 7.64. The van der Waals surface area contributed by atoms with E-state index in [0.29, 0.717) is 58.7 Å². The van der Waals surface area contributed by atoms with Crippen molar-refractivity contribution in [3.8, 4) is 17.2 Å². The molecule has 3 aromatic carbocycles. The minimum absolute atomic E-state index is 0.267. The molecule has 1 unspecified atom stereocenters. The number of aromatic amines is 1. The maximum atomic E-state index is 13.9. The highest BCUT2D eigenvalue weighted by molar-refractivity contribution is 7.89. The van der Waals surface area contributed by atoms with Crippen molar-refractivity contribution in [3.63, 3.8) is 0 Å². The SMILES string of the molecule is CCOc1c2cn(-c3ccc(CS(=O)(=O)NC(=O)C4Cc5ccccc54)cc3C)c(=O)c2c(OCC)c2ccc[nH]c12. The van der Waals surface area contributed by atoms with Crippen LogP contribution in [0.1, 0.15) is 42.0 Å². The van der Waals surface area contributed by atoms with Gasteiger partial charge in [0.05, 0.1) is 46.9 Å². The van der Waals surface area contributed by atoms with Gasteiger partial charge in [-0.25, -0.2) is 8.42 Å². The maximum Gasteiger partial charge on any atom is 0.266 e. The number of benzene rings is 3. The van der Waals surface area contributed by atoms with E-state index in [9.17, 15) is 18.0 Å². The molecule has 0 bridgehead atoms. The normalized spacial score (nSPS) is 14.4. The first kappa shape index (κ1) is 27.6. The summed E-state index contributed by atoms with van der Waals surface area (Å²) in [4.78, 5) is 29.8. The van der Waals surface area contributed by atoms with Crippen molar-refractivity contribution in [1.82, 2.24) is 14.3 Å². The van der Waals surface area contributed by atoms with E-state index >= 15 is 0 Å². The number of aromatic nitrogens is 2. The Morgan fingerprint density at radius 1 is 1.02 bits per heavy atom. The lowest BCUT2D eigenvalue weighted by atomic mass is 9.77. The fourth-order valence-electron chi connectivity index (χ4n) is 5.78. The van der Waals surface area contributed by atoms with Crippen molar-refractivity contribution in [3.05, 3.63) is 99.6 Å². The molecule has 1 aliphatic rings. The van der Waals surface area contributed by atoms with Crippen LogP contribution in [0.2, 0.25) is 0 Å². The molecular formula is C32H31N3O6S. The fourth-order valence-corrected chi connectivity index (χ4v) is 6.92. The summed E-state index contributed by atoms with van der Waals surface area (Å²) in [6.07, 6.45) is 4.06. The number of pyridine rings is 1. The predicted molar refractivity (Wildman–Crippen MR) is 162 cm³/mol. The van der Waals surface area contributed by atoms with Gasteiger partial charge in [0, 0.05) is 17.8 Å². The Morgan fingerprint density at radius 3 is 2.52 bits per heavy atom. The molecule has 0 spiro atoms. The standard InChI is InChI=1S/C32H31N3O6S/c1-4-40-29-23-11-8-14-33-28(23)30(41-5-2)25-17-35(32(37)27(25)29)26-13-12-20(15-19(26)3)18-42(38,39)34-31(36)24-16-21-9-6-7-10-22(21)24/h6-15,17,24,33H,4-5,16,18H2,1-3H3,(H,34,36). The lowest BCUT2D eigenvalue weighted by Crippen LogP contribution is -2.39. The molecule has 1 aliphatic carbocycles. The molecule has 2 aromatic heterocycles. The van der Waals surface area contributed by atoms with Crippen LogP contribution in [-0.2, 0) is 27.0 Å². The summed E-state index contributed by atoms with van der Waals surface area (Å²) in [6.45, 7) is 6.36. The summed E-state index contributed by atoms with van der Waals surface area (Å²) in [5, 5.41) is 1.78. The molecule has 0 fully saturated rings. The largest absolute Gasteiger partial charge is 0.492 e. The maximum absolute atomic E-state index is 13.9. The average molecular weight is 586 g/mol. The van der Waals surface area contributed by atoms with Gasteiger partial charge in [-0.05, 0) is 67.6 Å². The van der Waals surface area contributed by atoms with Crippen molar-refractivity contribution >= 4 is 37.6 Å². The van der Waals surface area contributed by atoms with Crippen molar-refractivity contribution < 1.29 is 22.7 Å². The quantitative estimate of drug-likeness (QED) is 0.255. The second-order valence-electron chi connectivity index (χ2n) is 10.4. The smallest absolute Gasteiger partial charge is 0.266 e. The zero-order valence-corrected chi connectivity index (χ0v) is 24.4. The molecule has 0 saturated heterocycles. The van der Waals surface area contributed by atoms with E-state index in [1.54, 1.807) is 30.6 Å². The zero-order valence-electron chi connectivity index (χ0n) is 23.6. The van der Waals surface area contributed by atoms with Crippen LogP contribution in [0.15, 0.2) is 71.8 Å². The van der Waals surface area contributed by atoms with Gasteiger partial charge in [0.1, 0.15) is 5.75 Å². The highest BCUT2D eigenvalue weighted by Gasteiger charge is 2.33. The molecule has 1 amide bonds. The predicted octanol–water partition coefficient (Wildman–Crippen LogP) is 4.86. The van der Waals surface area contributed by atoms with Gasteiger partial charge in [0.25, 0.3) is 5.56 Å². The molecular weight excluding hydrogens is 554 g/mol. The third-order valence-corrected chi connectivity index (χ3v) is 8.87. The number of sulfonamides is 1. The lowest BCUT2D eigenvalue weighted by Gasteiger charge is -2.28. The first-order valence-electron chi connectivity index (χ1n) is 13.9. The number of hydrogen-bond acceptors (Lipinski definition) is 6. The van der Waals surface area contributed by atoms with Gasteiger partial charge in [-0.1, -0.05) is 36.4 Å². The van der Waals surface area contributed by atoms with E-state index in [1.165, 1.54) is 4.57 Å². The van der Waals surface area contributed by atoms with E-state index in [2.05, 4.69) is 9.71 Å². The van der Waals surface area contributed by atoms with Gasteiger partial charge >= 0.3 is 0 Å². The van der Waals surface area contributed by atoms with Crippen LogP contribution in [-0.4, -0.2) is 37.1 Å². The van der Waals surface area contributed by atoms with Gasteiger partial charge in [-0.15, -0.1) is 0 Å². The lowest BCUT2D eigenvalue weighted by molar-refractivity contribution is -0.121. The van der Waals surface area contributed by atoms with E-state index < -0.39 is 21.8 Å². The molecule has 0 aliphatic heterocycles. The number of carbonyl (C=O) groups excluding carboxylic acids is 1. The van der Waals surface area contributed by atoms with E-state index in [0.717, 1.165) is 22.0 Å². The number of nitrogens with zero attached hydrogens (tertiary/aromatic N) is 1. The molecule has 0 saturated carbocycles. The molecule has 6 rings (SSSR count). The van der Waals surface area contributed by atoms with Crippen LogP contribution < -0.4 is 19.8 Å². The minimum atomic E-state index is -3.93. The third kappa shape index (κ3) is 4.71. The zero-order chi connectivity index (χ0) is 29.6. The number of H-pyrrole nitrogens is 1. The number of fused-ring (bicyclic) bond motifs is 3. The summed E-state index contributed by atoms with van der Waals surface area (Å²) in [6, 6.07) is 16.4. The summed E-state index contributed by atoms with van der Waals surface area (Å²) >= 11 is 0. The van der Waals surface area contributed by atoms with Gasteiger partial charge < -0.3 is 14.5 Å². The van der Waals surface area contributed by atoms with Crippen LogP contribution in [0, 0.1) is 6.92 Å². The Kier molecular flexibility index (Phi) is 7.02. The molecule has 2 N–H and O–H groups in total. The second kappa shape index (κ2) is 10.7. The van der Waals surface area contributed by atoms with Gasteiger partial charge in [-0.3, -0.25) is 18.9 Å². The molecule has 216 valence electrons. The first-order chi connectivity index (χ1) is 20.2. The highest BCUT2D eigenvalue weighted by atomic mass is 32.2. The topological polar surface area (TPSA) is 119 Å². The number of rotatable bonds is 9. The number of aryl methyl sites for hydroxylation is 1. The Morgan fingerprint density at radius 2 is 1.79 bits per heavy atom. The molecule has 10 heteroatoms. The Balaban J connectivity index is 1.33. The van der Waals surface area contributed by atoms with E-state index in [1.807, 2.05) is 57.2 Å². The van der Waals surface area contributed by atoms with Gasteiger partial charge in [0.15, 0.2) is 5.75 Å². The van der Waals surface area contributed by atoms with Crippen molar-refractivity contribution in [2.45, 2.75) is 38.9 Å².